The molecular formula is C32H28N8O6S2. The molecule has 244 valence electrons. The molecule has 0 unspecified atom stereocenters. The van der Waals surface area contributed by atoms with Crippen LogP contribution in [0.2, 0.25) is 0 Å². The fourth-order valence-electron chi connectivity index (χ4n) is 4.59. The molecule has 6 aromatic rings. The number of nitrogens with zero attached hydrogens (tertiary/aromatic N) is 2. The number of imidazole rings is 2. The van der Waals surface area contributed by atoms with Crippen LogP contribution in [-0.4, -0.2) is 69.3 Å². The minimum atomic E-state index is -0.504. The SMILES string of the molecule is COc1ccc2nc(SCC(=O)NNC(=O)c3ccc4cc(C(=O)NNC(=O)CSc5nc6ccc(OC)cc6[nH]5)ccc4c3)[nH]c2c1. The summed E-state index contributed by atoms with van der Waals surface area (Å²) in [4.78, 5) is 65.2. The second kappa shape index (κ2) is 14.4. The summed E-state index contributed by atoms with van der Waals surface area (Å²) in [7, 11) is 3.16. The molecule has 0 atom stereocenters. The Bertz CT molecular complexity index is 2030. The lowest BCUT2D eigenvalue weighted by Crippen LogP contribution is -2.42. The van der Waals surface area contributed by atoms with Crippen LogP contribution in [0.3, 0.4) is 0 Å². The van der Waals surface area contributed by atoms with Gasteiger partial charge in [-0.1, -0.05) is 35.7 Å². The number of carbonyl (C=O) groups excluding carboxylic acids is 4. The first-order chi connectivity index (χ1) is 23.3. The first-order valence-corrected chi connectivity index (χ1v) is 16.3. The van der Waals surface area contributed by atoms with Gasteiger partial charge in [-0.25, -0.2) is 9.97 Å². The highest BCUT2D eigenvalue weighted by Gasteiger charge is 2.13. The minimum Gasteiger partial charge on any atom is -0.497 e. The molecule has 0 saturated carbocycles. The summed E-state index contributed by atoms with van der Waals surface area (Å²) >= 11 is 2.39. The standard InChI is InChI=1S/C32H28N8O6S2/c1-45-21-7-9-23-25(13-21)35-31(33-23)47-15-27(41)37-39-29(43)19-5-3-18-12-20(6-4-17(18)11-19)30(44)40-38-28(42)16-48-32-34-24-10-8-22(46-2)14-26(24)36-32/h3-14H,15-16H2,1-2H3,(H,33,35)(H,34,36)(H,37,41)(H,38,42)(H,39,43)(H,40,44). The normalized spacial score (nSPS) is 11.0. The smallest absolute Gasteiger partial charge is 0.269 e. The molecule has 0 fully saturated rings. The van der Waals surface area contributed by atoms with Gasteiger partial charge in [-0.05, 0) is 59.3 Å². The van der Waals surface area contributed by atoms with E-state index in [0.29, 0.717) is 43.7 Å². The number of thioether (sulfide) groups is 2. The van der Waals surface area contributed by atoms with Crippen LogP contribution >= 0.6 is 23.5 Å². The van der Waals surface area contributed by atoms with Gasteiger partial charge < -0.3 is 19.4 Å². The maximum atomic E-state index is 12.7. The van der Waals surface area contributed by atoms with Gasteiger partial charge in [0.05, 0.1) is 47.8 Å². The van der Waals surface area contributed by atoms with Crippen molar-refractivity contribution in [2.75, 3.05) is 25.7 Å². The molecule has 0 saturated heterocycles. The first-order valence-electron chi connectivity index (χ1n) is 14.3. The summed E-state index contributed by atoms with van der Waals surface area (Å²) in [6.07, 6.45) is 0. The topological polar surface area (TPSA) is 192 Å². The molecule has 6 N–H and O–H groups in total. The Morgan fingerprint density at radius 2 is 1.04 bits per heavy atom. The van der Waals surface area contributed by atoms with E-state index in [0.717, 1.165) is 22.1 Å². The Labute approximate surface area is 281 Å². The molecule has 6 rings (SSSR count). The third-order valence-corrected chi connectivity index (χ3v) is 8.76. The number of H-pyrrole nitrogens is 2. The fourth-order valence-corrected chi connectivity index (χ4v) is 5.96. The third-order valence-electron chi connectivity index (χ3n) is 7.01. The van der Waals surface area contributed by atoms with Crippen molar-refractivity contribution in [3.63, 3.8) is 0 Å². The minimum absolute atomic E-state index is 0.0242. The maximum absolute atomic E-state index is 12.7. The predicted molar refractivity (Wildman–Crippen MR) is 182 cm³/mol. The highest BCUT2D eigenvalue weighted by molar-refractivity contribution is 8.00. The molecular weight excluding hydrogens is 657 g/mol. The maximum Gasteiger partial charge on any atom is 0.269 e. The number of nitrogens with one attached hydrogen (secondary N) is 6. The molecule has 0 radical (unpaired) electrons. The number of aromatic amines is 2. The van der Waals surface area contributed by atoms with E-state index in [9.17, 15) is 19.2 Å². The fraction of sp³-hybridized carbons (Fsp3) is 0.125. The number of fused-ring (bicyclic) bond motifs is 3. The van der Waals surface area contributed by atoms with Gasteiger partial charge in [-0.15, -0.1) is 0 Å². The van der Waals surface area contributed by atoms with E-state index in [4.69, 9.17) is 9.47 Å². The second-order valence-corrected chi connectivity index (χ2v) is 12.1. The molecule has 0 bridgehead atoms. The Hall–Kier alpha value is -5.74. The third kappa shape index (κ3) is 7.62. The number of methoxy groups -OCH3 is 2. The van der Waals surface area contributed by atoms with E-state index in [-0.39, 0.29) is 11.5 Å². The average molecular weight is 685 g/mol. The molecule has 2 aromatic heterocycles. The van der Waals surface area contributed by atoms with Gasteiger partial charge in [0.1, 0.15) is 11.5 Å². The summed E-state index contributed by atoms with van der Waals surface area (Å²) in [6, 6.07) is 20.7. The van der Waals surface area contributed by atoms with Crippen molar-refractivity contribution in [1.29, 1.82) is 0 Å². The van der Waals surface area contributed by atoms with Crippen molar-refractivity contribution in [3.8, 4) is 11.5 Å². The van der Waals surface area contributed by atoms with Crippen LogP contribution in [0.4, 0.5) is 0 Å². The average Bonchev–Trinajstić information content (AvgIpc) is 3.73. The van der Waals surface area contributed by atoms with E-state index in [1.165, 1.54) is 23.5 Å². The summed E-state index contributed by atoms with van der Waals surface area (Å²) < 4.78 is 10.4. The highest BCUT2D eigenvalue weighted by atomic mass is 32.2. The van der Waals surface area contributed by atoms with Crippen molar-refractivity contribution in [1.82, 2.24) is 41.6 Å². The van der Waals surface area contributed by atoms with Crippen molar-refractivity contribution in [2.45, 2.75) is 10.3 Å². The van der Waals surface area contributed by atoms with Crippen molar-refractivity contribution in [3.05, 3.63) is 83.9 Å². The van der Waals surface area contributed by atoms with Crippen LogP contribution in [-0.2, 0) is 9.59 Å². The molecule has 0 aliphatic heterocycles. The number of hydrogen-bond acceptors (Lipinski definition) is 10. The number of rotatable bonds is 10. The molecule has 2 heterocycles. The van der Waals surface area contributed by atoms with Gasteiger partial charge in [0.15, 0.2) is 10.3 Å². The molecule has 14 nitrogen and oxygen atoms in total. The number of hydrazine groups is 2. The summed E-state index contributed by atoms with van der Waals surface area (Å²) in [5.41, 5.74) is 13.3. The lowest BCUT2D eigenvalue weighted by molar-refractivity contribution is -0.120. The quantitative estimate of drug-likeness (QED) is 0.0916. The number of carbonyl (C=O) groups is 4. The zero-order valence-corrected chi connectivity index (χ0v) is 27.1. The van der Waals surface area contributed by atoms with Crippen LogP contribution < -0.4 is 31.2 Å². The Balaban J connectivity index is 0.959. The number of benzene rings is 4. The van der Waals surface area contributed by atoms with E-state index in [1.807, 2.05) is 24.3 Å². The van der Waals surface area contributed by atoms with E-state index >= 15 is 0 Å². The molecule has 0 aliphatic rings. The van der Waals surface area contributed by atoms with Gasteiger partial charge in [-0.2, -0.15) is 0 Å². The van der Waals surface area contributed by atoms with Gasteiger partial charge >= 0.3 is 0 Å². The lowest BCUT2D eigenvalue weighted by atomic mass is 10.0. The Morgan fingerprint density at radius 3 is 1.46 bits per heavy atom. The van der Waals surface area contributed by atoms with Crippen LogP contribution in [0.15, 0.2) is 83.1 Å². The monoisotopic (exact) mass is 684 g/mol. The van der Waals surface area contributed by atoms with Gasteiger partial charge in [-0.3, -0.25) is 40.9 Å². The number of aromatic nitrogens is 4. The van der Waals surface area contributed by atoms with Gasteiger partial charge in [0.2, 0.25) is 11.8 Å². The zero-order valence-electron chi connectivity index (χ0n) is 25.5. The lowest BCUT2D eigenvalue weighted by Gasteiger charge is -2.09. The number of amides is 4. The van der Waals surface area contributed by atoms with E-state index in [1.54, 1.807) is 62.8 Å². The van der Waals surface area contributed by atoms with Gasteiger partial charge in [0, 0.05) is 23.3 Å². The zero-order chi connectivity index (χ0) is 33.6. The molecule has 16 heteroatoms. The largest absolute Gasteiger partial charge is 0.497 e. The second-order valence-electron chi connectivity index (χ2n) is 10.2. The van der Waals surface area contributed by atoms with E-state index in [2.05, 4.69) is 41.6 Å². The van der Waals surface area contributed by atoms with Crippen LogP contribution in [0, 0.1) is 0 Å². The highest BCUT2D eigenvalue weighted by Crippen LogP contribution is 2.24. The first kappa shape index (κ1) is 32.2. The molecule has 48 heavy (non-hydrogen) atoms. The van der Waals surface area contributed by atoms with Gasteiger partial charge in [0.25, 0.3) is 11.8 Å². The molecule has 4 aromatic carbocycles. The number of ether oxygens (including phenoxy) is 2. The molecule has 0 spiro atoms. The van der Waals surface area contributed by atoms with Crippen LogP contribution in [0.1, 0.15) is 20.7 Å². The number of hydrogen-bond donors (Lipinski definition) is 6. The molecule has 4 amide bonds. The van der Waals surface area contributed by atoms with Crippen molar-refractivity contribution >= 4 is 80.0 Å². The summed E-state index contributed by atoms with van der Waals surface area (Å²) in [5, 5.41) is 2.52. The van der Waals surface area contributed by atoms with Crippen molar-refractivity contribution in [2.24, 2.45) is 0 Å². The Morgan fingerprint density at radius 1 is 0.604 bits per heavy atom. The van der Waals surface area contributed by atoms with Crippen LogP contribution in [0.5, 0.6) is 11.5 Å². The Kier molecular flexibility index (Phi) is 9.63. The summed E-state index contributed by atoms with van der Waals surface area (Å²) in [6.45, 7) is 0. The van der Waals surface area contributed by atoms with Crippen LogP contribution in [0.25, 0.3) is 32.8 Å². The van der Waals surface area contributed by atoms with E-state index < -0.39 is 23.6 Å². The predicted octanol–water partition coefficient (Wildman–Crippen LogP) is 3.72. The van der Waals surface area contributed by atoms with Crippen molar-refractivity contribution < 1.29 is 28.7 Å². The molecule has 0 aliphatic carbocycles. The summed E-state index contributed by atoms with van der Waals surface area (Å²) in [5.74, 6) is -0.401.